The number of rotatable bonds is 5. The first kappa shape index (κ1) is 20.1. The Bertz CT molecular complexity index is 1130. The monoisotopic (exact) mass is 444 g/mol. The molecule has 148 valence electrons. The second-order valence-corrected chi connectivity index (χ2v) is 8.57. The maximum atomic E-state index is 12.6. The van der Waals surface area contributed by atoms with E-state index in [4.69, 9.17) is 23.2 Å². The van der Waals surface area contributed by atoms with Gasteiger partial charge in [0, 0.05) is 44.8 Å². The molecule has 0 radical (unpaired) electrons. The van der Waals surface area contributed by atoms with Crippen LogP contribution in [0, 0.1) is 0 Å². The number of nitrogens with zero attached hydrogens (tertiary/aromatic N) is 2. The van der Waals surface area contributed by atoms with Gasteiger partial charge in [0.2, 0.25) is 0 Å². The first-order valence-electron chi connectivity index (χ1n) is 9.25. The number of imide groups is 1. The second-order valence-electron chi connectivity index (χ2n) is 6.76. The van der Waals surface area contributed by atoms with Gasteiger partial charge >= 0.3 is 0 Å². The van der Waals surface area contributed by atoms with Crippen LogP contribution in [0.3, 0.4) is 0 Å². The lowest BCUT2D eigenvalue weighted by atomic mass is 10.1. The molecule has 0 N–H and O–H groups in total. The Kier molecular flexibility index (Phi) is 5.72. The summed E-state index contributed by atoms with van der Waals surface area (Å²) in [5.74, 6) is -0.229. The number of para-hydroxylation sites is 1. The lowest BCUT2D eigenvalue weighted by molar-refractivity contribution is -0.122. The first-order valence-corrected chi connectivity index (χ1v) is 10.8. The molecule has 0 saturated carbocycles. The fraction of sp³-hybridized carbons (Fsp3) is 0.182. The number of carbonyl (C=O) groups excluding carboxylic acids is 2. The molecular weight excluding hydrogens is 427 g/mol. The van der Waals surface area contributed by atoms with Crippen molar-refractivity contribution in [2.24, 2.45) is 0 Å². The van der Waals surface area contributed by atoms with Crippen LogP contribution in [-0.2, 0) is 11.3 Å². The zero-order valence-corrected chi connectivity index (χ0v) is 18.0. The number of amides is 2. The van der Waals surface area contributed by atoms with Crippen LogP contribution in [0.2, 0.25) is 10.0 Å². The van der Waals surface area contributed by atoms with Crippen molar-refractivity contribution in [3.05, 3.63) is 74.7 Å². The number of hydrogen-bond donors (Lipinski definition) is 0. The standard InChI is InChI=1S/C22H18Cl2N2O2S/c1-2-10-26-21(27)20(29-22(26)28)11-14-12-25(19-9-4-3-6-15(14)19)13-16-17(23)7-5-8-18(16)24/h3-9,11-12H,2,10,13H2,1H3/b20-11-. The van der Waals surface area contributed by atoms with E-state index in [9.17, 15) is 9.59 Å². The Morgan fingerprint density at radius 2 is 1.76 bits per heavy atom. The topological polar surface area (TPSA) is 42.3 Å². The largest absolute Gasteiger partial charge is 0.342 e. The van der Waals surface area contributed by atoms with Crippen LogP contribution < -0.4 is 0 Å². The molecule has 1 fully saturated rings. The highest BCUT2D eigenvalue weighted by molar-refractivity contribution is 8.18. The molecule has 1 aliphatic heterocycles. The minimum atomic E-state index is -0.229. The predicted octanol–water partition coefficient (Wildman–Crippen LogP) is 6.44. The highest BCUT2D eigenvalue weighted by atomic mass is 35.5. The summed E-state index contributed by atoms with van der Waals surface area (Å²) in [6.07, 6.45) is 4.51. The third kappa shape index (κ3) is 3.82. The average Bonchev–Trinajstić information content (AvgIpc) is 3.18. The van der Waals surface area contributed by atoms with Gasteiger partial charge in [-0.25, -0.2) is 0 Å². The average molecular weight is 445 g/mol. The van der Waals surface area contributed by atoms with E-state index < -0.39 is 0 Å². The predicted molar refractivity (Wildman–Crippen MR) is 120 cm³/mol. The van der Waals surface area contributed by atoms with Gasteiger partial charge in [0.15, 0.2) is 0 Å². The molecule has 1 saturated heterocycles. The number of aromatic nitrogens is 1. The molecular formula is C22H18Cl2N2O2S. The first-order chi connectivity index (χ1) is 14.0. The summed E-state index contributed by atoms with van der Waals surface area (Å²) >= 11 is 13.7. The summed E-state index contributed by atoms with van der Waals surface area (Å²) in [7, 11) is 0. The van der Waals surface area contributed by atoms with Gasteiger partial charge in [0.25, 0.3) is 11.1 Å². The maximum Gasteiger partial charge on any atom is 0.293 e. The summed E-state index contributed by atoms with van der Waals surface area (Å²) in [5.41, 5.74) is 2.72. The summed E-state index contributed by atoms with van der Waals surface area (Å²) in [6, 6.07) is 13.4. The number of carbonyl (C=O) groups is 2. The minimum Gasteiger partial charge on any atom is -0.342 e. The summed E-state index contributed by atoms with van der Waals surface area (Å²) in [5, 5.41) is 2.00. The molecule has 0 atom stereocenters. The Hall–Kier alpha value is -2.21. The van der Waals surface area contributed by atoms with Crippen molar-refractivity contribution < 1.29 is 9.59 Å². The molecule has 0 aliphatic carbocycles. The van der Waals surface area contributed by atoms with E-state index in [0.717, 1.165) is 40.2 Å². The summed E-state index contributed by atoms with van der Waals surface area (Å²) in [6.45, 7) is 2.89. The normalized spacial score (nSPS) is 15.8. The van der Waals surface area contributed by atoms with Crippen LogP contribution in [0.25, 0.3) is 17.0 Å². The zero-order chi connectivity index (χ0) is 20.5. The van der Waals surface area contributed by atoms with Crippen LogP contribution in [0.1, 0.15) is 24.5 Å². The van der Waals surface area contributed by atoms with Crippen molar-refractivity contribution in [1.82, 2.24) is 9.47 Å². The summed E-state index contributed by atoms with van der Waals surface area (Å²) in [4.78, 5) is 26.5. The van der Waals surface area contributed by atoms with Gasteiger partial charge < -0.3 is 4.57 Å². The smallest absolute Gasteiger partial charge is 0.293 e. The second kappa shape index (κ2) is 8.27. The van der Waals surface area contributed by atoms with E-state index >= 15 is 0 Å². The van der Waals surface area contributed by atoms with Gasteiger partial charge in [0.1, 0.15) is 0 Å². The third-order valence-corrected chi connectivity index (χ3v) is 6.43. The molecule has 0 unspecified atom stereocenters. The lowest BCUT2D eigenvalue weighted by Gasteiger charge is -2.09. The van der Waals surface area contributed by atoms with Gasteiger partial charge in [-0.05, 0) is 42.5 Å². The molecule has 4 rings (SSSR count). The fourth-order valence-electron chi connectivity index (χ4n) is 3.43. The van der Waals surface area contributed by atoms with Gasteiger partial charge in [-0.15, -0.1) is 0 Å². The van der Waals surface area contributed by atoms with Gasteiger partial charge in [-0.3, -0.25) is 14.5 Å². The van der Waals surface area contributed by atoms with Crippen molar-refractivity contribution in [2.45, 2.75) is 19.9 Å². The SMILES string of the molecule is CCCN1C(=O)S/C(=C\c2cn(Cc3c(Cl)cccc3Cl)c3ccccc23)C1=O. The lowest BCUT2D eigenvalue weighted by Crippen LogP contribution is -2.28. The van der Waals surface area contributed by atoms with E-state index in [-0.39, 0.29) is 11.1 Å². The Morgan fingerprint density at radius 1 is 1.03 bits per heavy atom. The van der Waals surface area contributed by atoms with Crippen LogP contribution in [0.5, 0.6) is 0 Å². The number of benzene rings is 2. The Morgan fingerprint density at radius 3 is 2.48 bits per heavy atom. The highest BCUT2D eigenvalue weighted by Gasteiger charge is 2.34. The van der Waals surface area contributed by atoms with Crippen molar-refractivity contribution in [2.75, 3.05) is 6.54 Å². The van der Waals surface area contributed by atoms with Crippen LogP contribution in [-0.4, -0.2) is 27.2 Å². The Labute approximate surface area is 183 Å². The molecule has 0 spiro atoms. The molecule has 1 aromatic heterocycles. The van der Waals surface area contributed by atoms with Crippen LogP contribution in [0.4, 0.5) is 4.79 Å². The molecule has 3 aromatic rings. The Balaban J connectivity index is 1.76. The molecule has 7 heteroatoms. The van der Waals surface area contributed by atoms with E-state index in [0.29, 0.717) is 28.0 Å². The number of halogens is 2. The molecule has 2 amide bonds. The molecule has 1 aliphatic rings. The van der Waals surface area contributed by atoms with Crippen molar-refractivity contribution in [3.63, 3.8) is 0 Å². The number of fused-ring (bicyclic) bond motifs is 1. The van der Waals surface area contributed by atoms with Crippen molar-refractivity contribution >= 4 is 63.1 Å². The molecule has 0 bridgehead atoms. The molecule has 29 heavy (non-hydrogen) atoms. The van der Waals surface area contributed by atoms with E-state index in [1.165, 1.54) is 4.90 Å². The van der Waals surface area contributed by atoms with E-state index in [1.54, 1.807) is 6.08 Å². The highest BCUT2D eigenvalue weighted by Crippen LogP contribution is 2.35. The fourth-order valence-corrected chi connectivity index (χ4v) is 4.81. The number of thioether (sulfide) groups is 1. The molecule has 2 heterocycles. The zero-order valence-electron chi connectivity index (χ0n) is 15.7. The van der Waals surface area contributed by atoms with Crippen molar-refractivity contribution in [1.29, 1.82) is 0 Å². The van der Waals surface area contributed by atoms with Gasteiger partial charge in [-0.2, -0.15) is 0 Å². The van der Waals surface area contributed by atoms with Gasteiger partial charge in [-0.1, -0.05) is 54.4 Å². The van der Waals surface area contributed by atoms with Crippen LogP contribution >= 0.6 is 35.0 Å². The van der Waals surface area contributed by atoms with Crippen molar-refractivity contribution in [3.8, 4) is 0 Å². The summed E-state index contributed by atoms with van der Waals surface area (Å²) < 4.78 is 2.06. The molecule has 4 nitrogen and oxygen atoms in total. The van der Waals surface area contributed by atoms with Crippen LogP contribution in [0.15, 0.2) is 53.6 Å². The molecule has 2 aromatic carbocycles. The minimum absolute atomic E-state index is 0.213. The van der Waals surface area contributed by atoms with Gasteiger partial charge in [0.05, 0.1) is 11.4 Å². The van der Waals surface area contributed by atoms with E-state index in [1.807, 2.05) is 55.6 Å². The quantitative estimate of drug-likeness (QED) is 0.425. The maximum absolute atomic E-state index is 12.6. The number of hydrogen-bond acceptors (Lipinski definition) is 3. The van der Waals surface area contributed by atoms with E-state index in [2.05, 4.69) is 4.57 Å². The third-order valence-electron chi connectivity index (χ3n) is 4.82.